The number of nitrogens with zero attached hydrogens (tertiary/aromatic N) is 1. The molecule has 1 aromatic carbocycles. The third-order valence-electron chi connectivity index (χ3n) is 3.17. The Hall–Kier alpha value is -0.580. The van der Waals surface area contributed by atoms with E-state index in [4.69, 9.17) is 4.98 Å². The summed E-state index contributed by atoms with van der Waals surface area (Å²) in [5, 5.41) is 0. The van der Waals surface area contributed by atoms with E-state index in [1.165, 1.54) is 29.5 Å². The van der Waals surface area contributed by atoms with Crippen molar-refractivity contribution in [1.29, 1.82) is 0 Å². The van der Waals surface area contributed by atoms with Crippen LogP contribution in [-0.4, -0.2) is 10.5 Å². The molecule has 2 aromatic rings. The molecule has 19 heavy (non-hydrogen) atoms. The summed E-state index contributed by atoms with van der Waals surface area (Å²) in [5.74, 6) is 0. The molecule has 0 unspecified atom stereocenters. The van der Waals surface area contributed by atoms with Gasteiger partial charge in [-0.25, -0.2) is 4.98 Å². The second-order valence-corrected chi connectivity index (χ2v) is 7.68. The molecule has 0 spiro atoms. The number of para-hydroxylation sites is 1. The average Bonchev–Trinajstić information content (AvgIpc) is 2.79. The second kappa shape index (κ2) is 6.25. The highest BCUT2D eigenvalue weighted by Crippen LogP contribution is 2.31. The Labute approximate surface area is 124 Å². The first-order valence-electron chi connectivity index (χ1n) is 6.82. The van der Waals surface area contributed by atoms with E-state index in [1.807, 2.05) is 0 Å². The van der Waals surface area contributed by atoms with Crippen molar-refractivity contribution in [3.63, 3.8) is 0 Å². The number of aryl methyl sites for hydroxylation is 1. The molecular weight excluding hydrogens is 272 g/mol. The highest BCUT2D eigenvalue weighted by atomic mass is 32.2. The van der Waals surface area contributed by atoms with Crippen LogP contribution in [0.3, 0.4) is 0 Å². The van der Waals surface area contributed by atoms with Crippen LogP contribution in [0.5, 0.6) is 0 Å². The lowest BCUT2D eigenvalue weighted by atomic mass is 9.99. The van der Waals surface area contributed by atoms with Gasteiger partial charge in [0.15, 0.2) is 4.34 Å². The highest BCUT2D eigenvalue weighted by Gasteiger charge is 2.17. The molecule has 0 amide bonds. The summed E-state index contributed by atoms with van der Waals surface area (Å²) in [5.41, 5.74) is 2.56. The number of rotatable bonds is 6. The normalized spacial score (nSPS) is 12.2. The summed E-state index contributed by atoms with van der Waals surface area (Å²) in [4.78, 5) is 4.71. The van der Waals surface area contributed by atoms with Crippen molar-refractivity contribution < 1.29 is 0 Å². The quantitative estimate of drug-likeness (QED) is 0.744. The molecule has 0 aliphatic rings. The van der Waals surface area contributed by atoms with Crippen molar-refractivity contribution in [2.24, 2.45) is 0 Å². The van der Waals surface area contributed by atoms with Gasteiger partial charge in [0, 0.05) is 5.54 Å². The number of hydrogen-bond donors (Lipinski definition) is 1. The maximum Gasteiger partial charge on any atom is 0.166 e. The topological polar surface area (TPSA) is 24.9 Å². The van der Waals surface area contributed by atoms with Crippen LogP contribution in [0.2, 0.25) is 0 Å². The molecule has 2 rings (SSSR count). The molecule has 1 aromatic heterocycles. The van der Waals surface area contributed by atoms with Crippen molar-refractivity contribution in [3.05, 3.63) is 23.8 Å². The SMILES string of the molecule is CCCCC(C)(C)NSc1nc2c(C)cccc2s1. The number of benzene rings is 1. The van der Waals surface area contributed by atoms with E-state index in [0.717, 1.165) is 9.86 Å². The van der Waals surface area contributed by atoms with Gasteiger partial charge >= 0.3 is 0 Å². The Kier molecular flexibility index (Phi) is 4.87. The number of fused-ring (bicyclic) bond motifs is 1. The third kappa shape index (κ3) is 3.94. The van der Waals surface area contributed by atoms with Crippen LogP contribution in [0, 0.1) is 6.92 Å². The Morgan fingerprint density at radius 2 is 2.16 bits per heavy atom. The molecule has 1 heterocycles. The maximum absolute atomic E-state index is 4.71. The Balaban J connectivity index is 2.04. The fourth-order valence-corrected chi connectivity index (χ4v) is 3.90. The molecule has 104 valence electrons. The summed E-state index contributed by atoms with van der Waals surface area (Å²) in [6.45, 7) is 8.87. The lowest BCUT2D eigenvalue weighted by Gasteiger charge is -2.24. The predicted molar refractivity (Wildman–Crippen MR) is 87.0 cm³/mol. The number of thiazole rings is 1. The fraction of sp³-hybridized carbons (Fsp3) is 0.533. The Bertz CT molecular complexity index is 546. The van der Waals surface area contributed by atoms with Crippen molar-refractivity contribution in [2.45, 2.75) is 56.8 Å². The molecule has 0 aliphatic heterocycles. The van der Waals surface area contributed by atoms with Crippen LogP contribution in [0.15, 0.2) is 22.5 Å². The van der Waals surface area contributed by atoms with E-state index in [2.05, 4.69) is 50.6 Å². The number of nitrogens with one attached hydrogen (secondary N) is 1. The lowest BCUT2D eigenvalue weighted by Crippen LogP contribution is -2.33. The smallest absolute Gasteiger partial charge is 0.166 e. The Morgan fingerprint density at radius 1 is 1.37 bits per heavy atom. The lowest BCUT2D eigenvalue weighted by molar-refractivity contribution is 0.425. The van der Waals surface area contributed by atoms with Gasteiger partial charge < -0.3 is 0 Å². The van der Waals surface area contributed by atoms with Crippen molar-refractivity contribution >= 4 is 33.5 Å². The minimum absolute atomic E-state index is 0.160. The first kappa shape index (κ1) is 14.8. The minimum atomic E-state index is 0.160. The molecule has 0 bridgehead atoms. The third-order valence-corrected chi connectivity index (χ3v) is 5.41. The van der Waals surface area contributed by atoms with E-state index in [-0.39, 0.29) is 5.54 Å². The van der Waals surface area contributed by atoms with Crippen LogP contribution in [0.1, 0.15) is 45.6 Å². The van der Waals surface area contributed by atoms with E-state index < -0.39 is 0 Å². The van der Waals surface area contributed by atoms with Crippen LogP contribution in [-0.2, 0) is 0 Å². The molecule has 2 nitrogen and oxygen atoms in total. The molecular formula is C15H22N2S2. The van der Waals surface area contributed by atoms with E-state index in [0.29, 0.717) is 0 Å². The van der Waals surface area contributed by atoms with Gasteiger partial charge in [0.2, 0.25) is 0 Å². The molecule has 4 heteroatoms. The summed E-state index contributed by atoms with van der Waals surface area (Å²) in [6.07, 6.45) is 3.70. The zero-order valence-corrected chi connectivity index (χ0v) is 13.8. The molecule has 0 atom stereocenters. The van der Waals surface area contributed by atoms with Crippen molar-refractivity contribution in [1.82, 2.24) is 9.71 Å². The summed E-state index contributed by atoms with van der Waals surface area (Å²) in [7, 11) is 0. The van der Waals surface area contributed by atoms with Crippen molar-refractivity contribution in [3.8, 4) is 0 Å². The maximum atomic E-state index is 4.71. The van der Waals surface area contributed by atoms with Crippen molar-refractivity contribution in [2.75, 3.05) is 0 Å². The van der Waals surface area contributed by atoms with Gasteiger partial charge in [-0.1, -0.05) is 31.9 Å². The molecule has 0 saturated heterocycles. The molecule has 0 aliphatic carbocycles. The van der Waals surface area contributed by atoms with Crippen LogP contribution < -0.4 is 4.72 Å². The summed E-state index contributed by atoms with van der Waals surface area (Å²) < 4.78 is 5.93. The van der Waals surface area contributed by atoms with Crippen LogP contribution >= 0.6 is 23.3 Å². The minimum Gasteiger partial charge on any atom is -0.252 e. The zero-order chi connectivity index (χ0) is 13.9. The van der Waals surface area contributed by atoms with Gasteiger partial charge in [-0.05, 0) is 50.8 Å². The summed E-state index contributed by atoms with van der Waals surface area (Å²) >= 11 is 3.43. The first-order chi connectivity index (χ1) is 9.02. The zero-order valence-electron chi connectivity index (χ0n) is 12.1. The van der Waals surface area contributed by atoms with E-state index in [9.17, 15) is 0 Å². The number of hydrogen-bond acceptors (Lipinski definition) is 4. The van der Waals surface area contributed by atoms with Gasteiger partial charge in [0.05, 0.1) is 10.2 Å². The standard InChI is InChI=1S/C15H22N2S2/c1-5-6-10-15(3,4)17-19-14-16-13-11(2)8-7-9-12(13)18-14/h7-9,17H,5-6,10H2,1-4H3. The largest absolute Gasteiger partial charge is 0.252 e. The predicted octanol–water partition coefficient (Wildman–Crippen LogP) is 5.17. The van der Waals surface area contributed by atoms with Gasteiger partial charge in [-0.3, -0.25) is 4.72 Å². The molecule has 0 radical (unpaired) electrons. The highest BCUT2D eigenvalue weighted by molar-refractivity contribution is 7.99. The number of unbranched alkanes of at least 4 members (excludes halogenated alkanes) is 1. The Morgan fingerprint density at radius 3 is 2.84 bits per heavy atom. The fourth-order valence-electron chi connectivity index (χ4n) is 1.96. The number of aromatic nitrogens is 1. The van der Waals surface area contributed by atoms with Crippen LogP contribution in [0.25, 0.3) is 10.2 Å². The molecule has 0 fully saturated rings. The van der Waals surface area contributed by atoms with E-state index >= 15 is 0 Å². The van der Waals surface area contributed by atoms with Gasteiger partial charge in [0.25, 0.3) is 0 Å². The first-order valence-corrected chi connectivity index (χ1v) is 8.45. The van der Waals surface area contributed by atoms with Gasteiger partial charge in [-0.15, -0.1) is 11.3 Å². The van der Waals surface area contributed by atoms with E-state index in [1.54, 1.807) is 23.3 Å². The van der Waals surface area contributed by atoms with Gasteiger partial charge in [0.1, 0.15) is 0 Å². The monoisotopic (exact) mass is 294 g/mol. The molecule has 1 N–H and O–H groups in total. The summed E-state index contributed by atoms with van der Waals surface area (Å²) in [6, 6.07) is 6.37. The second-order valence-electron chi connectivity index (χ2n) is 5.59. The van der Waals surface area contributed by atoms with Crippen LogP contribution in [0.4, 0.5) is 0 Å². The molecule has 0 saturated carbocycles. The van der Waals surface area contributed by atoms with Gasteiger partial charge in [-0.2, -0.15) is 0 Å². The average molecular weight is 294 g/mol.